The molecule has 1 N–H and O–H groups in total. The maximum atomic E-state index is 12.7. The van der Waals surface area contributed by atoms with Crippen LogP contribution in [0.4, 0.5) is 4.79 Å². The van der Waals surface area contributed by atoms with Crippen molar-refractivity contribution in [2.45, 2.75) is 38.1 Å². The number of carbonyl (C=O) groups excluding carboxylic acids is 2. The highest BCUT2D eigenvalue weighted by molar-refractivity contribution is 5.98. The molecule has 1 atom stereocenters. The minimum absolute atomic E-state index is 0.0102. The number of fused-ring (bicyclic) bond motifs is 1. The molecule has 0 radical (unpaired) electrons. The summed E-state index contributed by atoms with van der Waals surface area (Å²) in [7, 11) is 1.96. The first-order chi connectivity index (χ1) is 13.1. The van der Waals surface area contributed by atoms with Gasteiger partial charge in [0.2, 0.25) is 0 Å². The standard InChI is InChI=1S/C21H26N4O2/c1-24-19-9-5-8-18(17(19)14-22-24)23-21(27)25-12-10-16(11-13-25)20(26)15-6-3-2-4-7-15/h2-4,6-7,14,16,18H,5,8-13H2,1H3,(H,23,27). The van der Waals surface area contributed by atoms with Crippen molar-refractivity contribution in [3.63, 3.8) is 0 Å². The van der Waals surface area contributed by atoms with Crippen molar-refractivity contribution in [3.8, 4) is 0 Å². The molecule has 2 heterocycles. The number of nitrogens with zero attached hydrogens (tertiary/aromatic N) is 3. The van der Waals surface area contributed by atoms with Crippen LogP contribution in [0, 0.1) is 5.92 Å². The minimum atomic E-state index is -0.0256. The first-order valence-corrected chi connectivity index (χ1v) is 9.79. The molecule has 2 aliphatic rings. The molecular weight excluding hydrogens is 340 g/mol. The van der Waals surface area contributed by atoms with E-state index < -0.39 is 0 Å². The summed E-state index contributed by atoms with van der Waals surface area (Å²) in [5, 5.41) is 7.52. The van der Waals surface area contributed by atoms with Crippen LogP contribution in [0.5, 0.6) is 0 Å². The number of hydrogen-bond donors (Lipinski definition) is 1. The van der Waals surface area contributed by atoms with E-state index in [1.54, 1.807) is 0 Å². The van der Waals surface area contributed by atoms with Gasteiger partial charge in [0.25, 0.3) is 0 Å². The van der Waals surface area contributed by atoms with Crippen LogP contribution in [0.2, 0.25) is 0 Å². The summed E-state index contributed by atoms with van der Waals surface area (Å²) in [5.74, 6) is 0.207. The molecule has 2 aromatic rings. The van der Waals surface area contributed by atoms with Crippen molar-refractivity contribution in [1.82, 2.24) is 20.0 Å². The second-order valence-corrected chi connectivity index (χ2v) is 7.56. The van der Waals surface area contributed by atoms with E-state index in [2.05, 4.69) is 10.4 Å². The highest BCUT2D eigenvalue weighted by atomic mass is 16.2. The Labute approximate surface area is 159 Å². The van der Waals surface area contributed by atoms with Gasteiger partial charge in [0.05, 0.1) is 12.2 Å². The molecule has 0 bridgehead atoms. The van der Waals surface area contributed by atoms with Crippen LogP contribution in [-0.2, 0) is 13.5 Å². The lowest BCUT2D eigenvalue weighted by atomic mass is 9.89. The Morgan fingerprint density at radius 2 is 1.85 bits per heavy atom. The Balaban J connectivity index is 1.34. The molecule has 1 aromatic carbocycles. The number of benzene rings is 1. The van der Waals surface area contributed by atoms with Crippen LogP contribution in [0.25, 0.3) is 0 Å². The Hall–Kier alpha value is -2.63. The number of urea groups is 1. The van der Waals surface area contributed by atoms with E-state index in [0.29, 0.717) is 13.1 Å². The van der Waals surface area contributed by atoms with Crippen molar-refractivity contribution < 1.29 is 9.59 Å². The van der Waals surface area contributed by atoms with Crippen LogP contribution in [0.1, 0.15) is 53.3 Å². The number of likely N-dealkylation sites (tertiary alicyclic amines) is 1. The number of aromatic nitrogens is 2. The summed E-state index contributed by atoms with van der Waals surface area (Å²) in [6, 6.07) is 9.47. The molecule has 1 aliphatic heterocycles. The number of Topliss-reactive ketones (excluding diaryl/α,β-unsaturated/α-hetero) is 1. The molecular formula is C21H26N4O2. The topological polar surface area (TPSA) is 67.2 Å². The molecule has 6 heteroatoms. The van der Waals surface area contributed by atoms with Gasteiger partial charge in [-0.25, -0.2) is 4.79 Å². The van der Waals surface area contributed by atoms with Gasteiger partial charge in [0.1, 0.15) is 0 Å². The summed E-state index contributed by atoms with van der Waals surface area (Å²) >= 11 is 0. The number of rotatable bonds is 3. The predicted molar refractivity (Wildman–Crippen MR) is 102 cm³/mol. The van der Waals surface area contributed by atoms with Crippen molar-refractivity contribution in [1.29, 1.82) is 0 Å². The van der Waals surface area contributed by atoms with E-state index in [0.717, 1.165) is 43.2 Å². The van der Waals surface area contributed by atoms with Crippen LogP contribution in [0.3, 0.4) is 0 Å². The number of carbonyl (C=O) groups is 2. The summed E-state index contributed by atoms with van der Waals surface area (Å²) in [5.41, 5.74) is 3.14. The van der Waals surface area contributed by atoms with Crippen LogP contribution in [0.15, 0.2) is 36.5 Å². The summed E-state index contributed by atoms with van der Waals surface area (Å²) < 4.78 is 1.91. The summed E-state index contributed by atoms with van der Waals surface area (Å²) in [4.78, 5) is 27.2. The zero-order valence-corrected chi connectivity index (χ0v) is 15.7. The van der Waals surface area contributed by atoms with E-state index in [1.165, 1.54) is 5.69 Å². The predicted octanol–water partition coefficient (Wildman–Crippen LogP) is 3.10. The minimum Gasteiger partial charge on any atom is -0.331 e. The Morgan fingerprint density at radius 3 is 2.59 bits per heavy atom. The molecule has 2 amide bonds. The quantitative estimate of drug-likeness (QED) is 0.849. The lowest BCUT2D eigenvalue weighted by molar-refractivity contribution is 0.0853. The summed E-state index contributed by atoms with van der Waals surface area (Å²) in [6.45, 7) is 1.25. The molecule has 27 heavy (non-hydrogen) atoms. The fourth-order valence-electron chi connectivity index (χ4n) is 4.28. The van der Waals surface area contributed by atoms with Gasteiger partial charge in [-0.1, -0.05) is 30.3 Å². The van der Waals surface area contributed by atoms with Gasteiger partial charge in [-0.05, 0) is 32.1 Å². The Kier molecular flexibility index (Phi) is 4.97. The second kappa shape index (κ2) is 7.55. The third-order valence-corrected chi connectivity index (χ3v) is 5.88. The average Bonchev–Trinajstić information content (AvgIpc) is 3.10. The third kappa shape index (κ3) is 3.61. The largest absolute Gasteiger partial charge is 0.331 e. The highest BCUT2D eigenvalue weighted by Gasteiger charge is 2.30. The Bertz CT molecular complexity index is 822. The molecule has 0 spiro atoms. The van der Waals surface area contributed by atoms with E-state index in [9.17, 15) is 9.59 Å². The maximum Gasteiger partial charge on any atom is 0.317 e. The van der Waals surface area contributed by atoms with Gasteiger partial charge in [-0.15, -0.1) is 0 Å². The van der Waals surface area contributed by atoms with E-state index in [4.69, 9.17) is 0 Å². The molecule has 1 aromatic heterocycles. The molecule has 1 unspecified atom stereocenters. The van der Waals surface area contributed by atoms with Gasteiger partial charge in [0.15, 0.2) is 5.78 Å². The SMILES string of the molecule is Cn1ncc2c1CCCC2NC(=O)N1CCC(C(=O)c2ccccc2)CC1. The van der Waals surface area contributed by atoms with Crippen molar-refractivity contribution >= 4 is 11.8 Å². The maximum absolute atomic E-state index is 12.7. The molecule has 6 nitrogen and oxygen atoms in total. The lowest BCUT2D eigenvalue weighted by Crippen LogP contribution is -2.46. The van der Waals surface area contributed by atoms with Crippen molar-refractivity contribution in [2.24, 2.45) is 13.0 Å². The van der Waals surface area contributed by atoms with Gasteiger partial charge < -0.3 is 10.2 Å². The smallest absolute Gasteiger partial charge is 0.317 e. The molecule has 142 valence electrons. The second-order valence-electron chi connectivity index (χ2n) is 7.56. The van der Waals surface area contributed by atoms with E-state index >= 15 is 0 Å². The zero-order valence-electron chi connectivity index (χ0n) is 15.7. The average molecular weight is 366 g/mol. The molecule has 4 rings (SSSR count). The first kappa shape index (κ1) is 17.8. The third-order valence-electron chi connectivity index (χ3n) is 5.88. The number of hydrogen-bond acceptors (Lipinski definition) is 3. The van der Waals surface area contributed by atoms with Crippen LogP contribution in [-0.4, -0.2) is 39.6 Å². The normalized spacial score (nSPS) is 20.2. The molecule has 1 fully saturated rings. The van der Waals surface area contributed by atoms with Gasteiger partial charge in [0, 0.05) is 42.9 Å². The first-order valence-electron chi connectivity index (χ1n) is 9.79. The Morgan fingerprint density at radius 1 is 1.11 bits per heavy atom. The van der Waals surface area contributed by atoms with Crippen molar-refractivity contribution in [3.05, 3.63) is 53.3 Å². The number of amides is 2. The van der Waals surface area contributed by atoms with E-state index in [-0.39, 0.29) is 23.8 Å². The van der Waals surface area contributed by atoms with E-state index in [1.807, 2.05) is 53.2 Å². The number of aryl methyl sites for hydroxylation is 1. The van der Waals surface area contributed by atoms with Crippen LogP contribution < -0.4 is 5.32 Å². The van der Waals surface area contributed by atoms with Crippen molar-refractivity contribution in [2.75, 3.05) is 13.1 Å². The van der Waals surface area contributed by atoms with Gasteiger partial charge in [-0.2, -0.15) is 5.10 Å². The van der Waals surface area contributed by atoms with Gasteiger partial charge in [-0.3, -0.25) is 9.48 Å². The van der Waals surface area contributed by atoms with Crippen LogP contribution >= 0.6 is 0 Å². The fraction of sp³-hybridized carbons (Fsp3) is 0.476. The zero-order chi connectivity index (χ0) is 18.8. The molecule has 0 saturated carbocycles. The van der Waals surface area contributed by atoms with Gasteiger partial charge >= 0.3 is 6.03 Å². The monoisotopic (exact) mass is 366 g/mol. The number of nitrogens with one attached hydrogen (secondary N) is 1. The fourth-order valence-corrected chi connectivity index (χ4v) is 4.28. The summed E-state index contributed by atoms with van der Waals surface area (Å²) in [6.07, 6.45) is 6.36. The molecule has 1 aliphatic carbocycles. The number of piperidine rings is 1. The lowest BCUT2D eigenvalue weighted by Gasteiger charge is -2.33. The molecule has 1 saturated heterocycles. The highest BCUT2D eigenvalue weighted by Crippen LogP contribution is 2.29. The number of ketones is 1.